The van der Waals surface area contributed by atoms with E-state index in [-0.39, 0.29) is 11.4 Å². The molecule has 118 valence electrons. The lowest BCUT2D eigenvalue weighted by atomic mass is 10.1. The number of nitrogens with one attached hydrogen (secondary N) is 1. The van der Waals surface area contributed by atoms with E-state index < -0.39 is 21.9 Å². The fourth-order valence-corrected chi connectivity index (χ4v) is 3.57. The van der Waals surface area contributed by atoms with E-state index in [2.05, 4.69) is 20.7 Å². The first-order chi connectivity index (χ1) is 9.81. The van der Waals surface area contributed by atoms with E-state index >= 15 is 0 Å². The molecular weight excluding hydrogens is 362 g/mol. The Morgan fingerprint density at radius 2 is 2.14 bits per heavy atom. The third kappa shape index (κ3) is 4.98. The number of hydrogen-bond acceptors (Lipinski definition) is 4. The van der Waals surface area contributed by atoms with Gasteiger partial charge in [-0.15, -0.1) is 0 Å². The highest BCUT2D eigenvalue weighted by Crippen LogP contribution is 2.27. The minimum absolute atomic E-state index is 0.0517. The molecule has 8 heteroatoms. The van der Waals surface area contributed by atoms with Gasteiger partial charge in [-0.05, 0) is 40.5 Å². The molecule has 1 atom stereocenters. The van der Waals surface area contributed by atoms with Crippen LogP contribution in [0.2, 0.25) is 0 Å². The molecule has 0 spiro atoms. The number of rotatable bonds is 8. The average molecular weight is 380 g/mol. The molecule has 0 radical (unpaired) electrons. The van der Waals surface area contributed by atoms with Crippen molar-refractivity contribution in [2.45, 2.75) is 24.7 Å². The first kappa shape index (κ1) is 17.9. The Bertz CT molecular complexity index is 603. The van der Waals surface area contributed by atoms with Crippen molar-refractivity contribution in [2.75, 3.05) is 13.7 Å². The van der Waals surface area contributed by atoms with Crippen molar-refractivity contribution >= 4 is 31.9 Å². The predicted molar refractivity (Wildman–Crippen MR) is 81.9 cm³/mol. The van der Waals surface area contributed by atoms with Crippen LogP contribution < -0.4 is 9.46 Å². The summed E-state index contributed by atoms with van der Waals surface area (Å²) >= 11 is 3.22. The molecule has 1 unspecified atom stereocenters. The summed E-state index contributed by atoms with van der Waals surface area (Å²) in [4.78, 5) is 11.1. The third-order valence-electron chi connectivity index (χ3n) is 2.94. The lowest BCUT2D eigenvalue weighted by Gasteiger charge is -2.13. The van der Waals surface area contributed by atoms with Crippen LogP contribution in [-0.4, -0.2) is 33.1 Å². The largest absolute Gasteiger partial charge is 0.496 e. The van der Waals surface area contributed by atoms with Gasteiger partial charge in [0.2, 0.25) is 10.0 Å². The fraction of sp³-hybridized carbons (Fsp3) is 0.462. The molecule has 0 bridgehead atoms. The number of ether oxygens (including phenoxy) is 1. The summed E-state index contributed by atoms with van der Waals surface area (Å²) in [5.74, 6) is -1.22. The molecule has 21 heavy (non-hydrogen) atoms. The summed E-state index contributed by atoms with van der Waals surface area (Å²) in [5.41, 5.74) is 0. The van der Waals surface area contributed by atoms with Gasteiger partial charge in [0, 0.05) is 6.54 Å². The Hall–Kier alpha value is -1.12. The van der Waals surface area contributed by atoms with E-state index in [9.17, 15) is 13.2 Å². The SMILES string of the molecule is CCCC(CNS(=O)(=O)c1ccc(OC)c(Br)c1)C(=O)O. The van der Waals surface area contributed by atoms with E-state index in [0.717, 1.165) is 0 Å². The molecule has 1 aromatic rings. The van der Waals surface area contributed by atoms with E-state index in [1.165, 1.54) is 25.3 Å². The van der Waals surface area contributed by atoms with Crippen LogP contribution in [0, 0.1) is 5.92 Å². The molecule has 1 rings (SSSR count). The zero-order valence-electron chi connectivity index (χ0n) is 11.8. The van der Waals surface area contributed by atoms with Gasteiger partial charge in [-0.3, -0.25) is 4.79 Å². The molecule has 1 aromatic carbocycles. The number of methoxy groups -OCH3 is 1. The second-order valence-corrected chi connectivity index (χ2v) is 7.09. The molecule has 0 aliphatic heterocycles. The molecule has 0 aliphatic carbocycles. The Balaban J connectivity index is 2.86. The van der Waals surface area contributed by atoms with Gasteiger partial charge in [0.1, 0.15) is 5.75 Å². The zero-order valence-corrected chi connectivity index (χ0v) is 14.2. The van der Waals surface area contributed by atoms with E-state index in [4.69, 9.17) is 9.84 Å². The standard InChI is InChI=1S/C13H18BrNO5S/c1-3-4-9(13(16)17)8-15-21(18,19)10-5-6-12(20-2)11(14)7-10/h5-7,9,15H,3-4,8H2,1-2H3,(H,16,17). The molecule has 6 nitrogen and oxygen atoms in total. The Kier molecular flexibility index (Phi) is 6.63. The van der Waals surface area contributed by atoms with Gasteiger partial charge in [-0.25, -0.2) is 13.1 Å². The molecule has 0 saturated heterocycles. The molecule has 0 aliphatic rings. The van der Waals surface area contributed by atoms with Gasteiger partial charge in [-0.2, -0.15) is 0 Å². The molecule has 0 aromatic heterocycles. The second-order valence-electron chi connectivity index (χ2n) is 4.47. The quantitative estimate of drug-likeness (QED) is 0.722. The van der Waals surface area contributed by atoms with Gasteiger partial charge in [0.15, 0.2) is 0 Å². The van der Waals surface area contributed by atoms with Crippen LogP contribution in [0.4, 0.5) is 0 Å². The Morgan fingerprint density at radius 1 is 1.48 bits per heavy atom. The second kappa shape index (κ2) is 7.77. The average Bonchev–Trinajstić information content (AvgIpc) is 2.43. The monoisotopic (exact) mass is 379 g/mol. The minimum Gasteiger partial charge on any atom is -0.496 e. The van der Waals surface area contributed by atoms with Gasteiger partial charge in [0.25, 0.3) is 0 Å². The van der Waals surface area contributed by atoms with Crippen LogP contribution in [0.15, 0.2) is 27.6 Å². The van der Waals surface area contributed by atoms with Crippen LogP contribution in [0.5, 0.6) is 5.75 Å². The normalized spacial score (nSPS) is 12.9. The van der Waals surface area contributed by atoms with E-state index in [1.54, 1.807) is 0 Å². The number of sulfonamides is 1. The van der Waals surface area contributed by atoms with Crippen molar-refractivity contribution in [3.8, 4) is 5.75 Å². The molecular formula is C13H18BrNO5S. The van der Waals surface area contributed by atoms with Crippen molar-refractivity contribution in [3.05, 3.63) is 22.7 Å². The first-order valence-electron chi connectivity index (χ1n) is 6.37. The van der Waals surface area contributed by atoms with Crippen LogP contribution in [-0.2, 0) is 14.8 Å². The highest BCUT2D eigenvalue weighted by atomic mass is 79.9. The lowest BCUT2D eigenvalue weighted by Crippen LogP contribution is -2.33. The number of benzene rings is 1. The number of hydrogen-bond donors (Lipinski definition) is 2. The van der Waals surface area contributed by atoms with Gasteiger partial charge in [-0.1, -0.05) is 13.3 Å². The summed E-state index contributed by atoms with van der Waals surface area (Å²) in [7, 11) is -2.27. The smallest absolute Gasteiger partial charge is 0.307 e. The highest BCUT2D eigenvalue weighted by Gasteiger charge is 2.21. The van der Waals surface area contributed by atoms with Crippen LogP contribution >= 0.6 is 15.9 Å². The number of aliphatic carboxylic acids is 1. The lowest BCUT2D eigenvalue weighted by molar-refractivity contribution is -0.141. The van der Waals surface area contributed by atoms with Crippen LogP contribution in [0.1, 0.15) is 19.8 Å². The van der Waals surface area contributed by atoms with Gasteiger partial charge < -0.3 is 9.84 Å². The molecule has 0 fully saturated rings. The van der Waals surface area contributed by atoms with Crippen molar-refractivity contribution < 1.29 is 23.1 Å². The third-order valence-corrected chi connectivity index (χ3v) is 4.98. The Morgan fingerprint density at radius 3 is 2.62 bits per heavy atom. The topological polar surface area (TPSA) is 92.7 Å². The highest BCUT2D eigenvalue weighted by molar-refractivity contribution is 9.10. The summed E-state index contributed by atoms with van der Waals surface area (Å²) < 4.78 is 32.2. The van der Waals surface area contributed by atoms with Crippen molar-refractivity contribution in [2.24, 2.45) is 5.92 Å². The summed E-state index contributed by atoms with van der Waals surface area (Å²) in [6.45, 7) is 1.72. The molecule has 0 saturated carbocycles. The van der Waals surface area contributed by atoms with Crippen LogP contribution in [0.3, 0.4) is 0 Å². The van der Waals surface area contributed by atoms with Crippen molar-refractivity contribution in [1.82, 2.24) is 4.72 Å². The molecule has 0 heterocycles. The predicted octanol–water partition coefficient (Wildman–Crippen LogP) is 2.24. The first-order valence-corrected chi connectivity index (χ1v) is 8.65. The fourth-order valence-electron chi connectivity index (χ4n) is 1.77. The summed E-state index contributed by atoms with van der Waals surface area (Å²) in [6, 6.07) is 4.34. The number of carbonyl (C=O) groups is 1. The zero-order chi connectivity index (χ0) is 16.0. The van der Waals surface area contributed by atoms with E-state index in [1.807, 2.05) is 6.92 Å². The van der Waals surface area contributed by atoms with E-state index in [0.29, 0.717) is 23.1 Å². The Labute approximate surface area is 132 Å². The summed E-state index contributed by atoms with van der Waals surface area (Å²) in [6.07, 6.45) is 1.09. The van der Waals surface area contributed by atoms with Crippen molar-refractivity contribution in [3.63, 3.8) is 0 Å². The molecule has 0 amide bonds. The van der Waals surface area contributed by atoms with Crippen molar-refractivity contribution in [1.29, 1.82) is 0 Å². The van der Waals surface area contributed by atoms with Gasteiger partial charge in [0.05, 0.1) is 22.4 Å². The molecule has 2 N–H and O–H groups in total. The van der Waals surface area contributed by atoms with Crippen LogP contribution in [0.25, 0.3) is 0 Å². The number of carboxylic acid groups (broad SMARTS) is 1. The summed E-state index contributed by atoms with van der Waals surface area (Å²) in [5, 5.41) is 9.03. The maximum Gasteiger partial charge on any atom is 0.307 e. The number of halogens is 1. The number of carboxylic acids is 1. The maximum absolute atomic E-state index is 12.1. The van der Waals surface area contributed by atoms with Gasteiger partial charge >= 0.3 is 5.97 Å². The minimum atomic E-state index is -3.75. The maximum atomic E-state index is 12.1.